The lowest BCUT2D eigenvalue weighted by atomic mass is 10.1. The van der Waals surface area contributed by atoms with Gasteiger partial charge in [-0.25, -0.2) is 10.1 Å². The number of aromatic nitrogens is 4. The van der Waals surface area contributed by atoms with E-state index in [1.165, 1.54) is 42.4 Å². The van der Waals surface area contributed by atoms with Crippen molar-refractivity contribution in [1.29, 1.82) is 0 Å². The summed E-state index contributed by atoms with van der Waals surface area (Å²) >= 11 is 0. The van der Waals surface area contributed by atoms with E-state index in [0.29, 0.717) is 22.6 Å². The largest absolute Gasteiger partial charge is 0.486 e. The van der Waals surface area contributed by atoms with Crippen LogP contribution < -0.4 is 10.2 Å². The summed E-state index contributed by atoms with van der Waals surface area (Å²) in [5.41, 5.74) is 7.78. The van der Waals surface area contributed by atoms with Gasteiger partial charge >= 0.3 is 0 Å². The van der Waals surface area contributed by atoms with Gasteiger partial charge in [0.05, 0.1) is 23.0 Å². The molecule has 0 aliphatic carbocycles. The topological polar surface area (TPSA) is 137 Å². The van der Waals surface area contributed by atoms with Gasteiger partial charge in [-0.2, -0.15) is 5.10 Å². The van der Waals surface area contributed by atoms with Crippen molar-refractivity contribution in [2.24, 2.45) is 5.10 Å². The SMILES string of the molecule is Cc1cc(C)c(-n2cc(COc3ccc([N+](=O)[O-])cc3/C=N/NC(=O)c3ccncc3)nn2)c(C)c1. The molecule has 0 radical (unpaired) electrons. The second-order valence-corrected chi connectivity index (χ2v) is 8.10. The number of hydrogen-bond donors (Lipinski definition) is 1. The number of hydrazone groups is 1. The lowest BCUT2D eigenvalue weighted by molar-refractivity contribution is -0.384. The molecule has 1 amide bonds. The van der Waals surface area contributed by atoms with E-state index in [2.05, 4.69) is 38.0 Å². The zero-order valence-electron chi connectivity index (χ0n) is 19.9. The van der Waals surface area contributed by atoms with Crippen molar-refractivity contribution >= 4 is 17.8 Å². The summed E-state index contributed by atoms with van der Waals surface area (Å²) in [7, 11) is 0. The zero-order chi connectivity index (χ0) is 25.7. The molecule has 1 N–H and O–H groups in total. The average Bonchev–Trinajstić information content (AvgIpc) is 3.31. The molecule has 182 valence electrons. The van der Waals surface area contributed by atoms with Crippen molar-refractivity contribution in [2.45, 2.75) is 27.4 Å². The van der Waals surface area contributed by atoms with Gasteiger partial charge in [0.25, 0.3) is 11.6 Å². The number of rotatable bonds is 8. The van der Waals surface area contributed by atoms with Gasteiger partial charge in [-0.1, -0.05) is 22.9 Å². The number of nitro benzene ring substituents is 1. The third kappa shape index (κ3) is 5.58. The number of non-ortho nitro benzene ring substituents is 1. The maximum atomic E-state index is 12.2. The van der Waals surface area contributed by atoms with E-state index in [4.69, 9.17) is 4.74 Å². The molecule has 0 fully saturated rings. The molecule has 0 saturated carbocycles. The molecule has 0 aliphatic heterocycles. The first-order valence-electron chi connectivity index (χ1n) is 11.0. The van der Waals surface area contributed by atoms with E-state index in [1.54, 1.807) is 23.0 Å². The fourth-order valence-electron chi connectivity index (χ4n) is 3.77. The first kappa shape index (κ1) is 24.2. The molecule has 4 aromatic rings. The Morgan fingerprint density at radius 3 is 2.56 bits per heavy atom. The Hall–Kier alpha value is -4.93. The fourth-order valence-corrected chi connectivity index (χ4v) is 3.77. The molecular weight excluding hydrogens is 462 g/mol. The highest BCUT2D eigenvalue weighted by Gasteiger charge is 2.13. The lowest BCUT2D eigenvalue weighted by Gasteiger charge is -2.10. The van der Waals surface area contributed by atoms with Gasteiger partial charge in [0, 0.05) is 35.7 Å². The van der Waals surface area contributed by atoms with Crippen LogP contribution in [0.1, 0.15) is 38.3 Å². The summed E-state index contributed by atoms with van der Waals surface area (Å²) in [6.45, 7) is 6.15. The number of carbonyl (C=O) groups is 1. The maximum Gasteiger partial charge on any atom is 0.271 e. The Morgan fingerprint density at radius 1 is 1.14 bits per heavy atom. The molecule has 2 heterocycles. The van der Waals surface area contributed by atoms with E-state index in [1.807, 2.05) is 20.8 Å². The number of nitro groups is 1. The molecule has 0 bridgehead atoms. The molecule has 0 saturated heterocycles. The quantitative estimate of drug-likeness (QED) is 0.227. The Morgan fingerprint density at radius 2 is 1.86 bits per heavy atom. The average molecular weight is 486 g/mol. The van der Waals surface area contributed by atoms with Crippen LogP contribution in [0.3, 0.4) is 0 Å². The highest BCUT2D eigenvalue weighted by atomic mass is 16.6. The van der Waals surface area contributed by atoms with Gasteiger partial charge in [0.2, 0.25) is 0 Å². The van der Waals surface area contributed by atoms with Gasteiger partial charge < -0.3 is 4.74 Å². The number of nitrogens with zero attached hydrogens (tertiary/aromatic N) is 6. The standard InChI is InChI=1S/C25H23N7O4/c1-16-10-17(2)24(18(3)11-16)31-14-21(28-30-31)15-36-23-5-4-22(32(34)35)12-20(23)13-27-29-25(33)19-6-8-26-9-7-19/h4-14H,15H2,1-3H3,(H,29,33)/b27-13+. The minimum Gasteiger partial charge on any atom is -0.486 e. The van der Waals surface area contributed by atoms with Crippen molar-refractivity contribution in [1.82, 2.24) is 25.4 Å². The Kier molecular flexibility index (Phi) is 7.10. The molecule has 0 atom stereocenters. The minimum absolute atomic E-state index is 0.0754. The Bertz CT molecular complexity index is 1430. The molecule has 0 aliphatic rings. The summed E-state index contributed by atoms with van der Waals surface area (Å²) in [5, 5.41) is 23.6. The van der Waals surface area contributed by atoms with Crippen LogP contribution >= 0.6 is 0 Å². The molecule has 2 aromatic carbocycles. The number of amides is 1. The Balaban J connectivity index is 1.51. The van der Waals surface area contributed by atoms with Gasteiger partial charge in [0.15, 0.2) is 0 Å². The predicted molar refractivity (Wildman–Crippen MR) is 132 cm³/mol. The highest BCUT2D eigenvalue weighted by Crippen LogP contribution is 2.24. The van der Waals surface area contributed by atoms with Crippen LogP contribution in [0.5, 0.6) is 5.75 Å². The summed E-state index contributed by atoms with van der Waals surface area (Å²) in [5.74, 6) is -0.111. The maximum absolute atomic E-state index is 12.2. The highest BCUT2D eigenvalue weighted by molar-refractivity contribution is 5.95. The number of benzene rings is 2. The number of ether oxygens (including phenoxy) is 1. The second kappa shape index (κ2) is 10.6. The monoisotopic (exact) mass is 485 g/mol. The van der Waals surface area contributed by atoms with Gasteiger partial charge in [-0.3, -0.25) is 19.9 Å². The smallest absolute Gasteiger partial charge is 0.271 e. The number of carbonyl (C=O) groups excluding carboxylic acids is 1. The molecular formula is C25H23N7O4. The first-order chi connectivity index (χ1) is 17.3. The van der Waals surface area contributed by atoms with Crippen molar-refractivity contribution < 1.29 is 14.5 Å². The summed E-state index contributed by atoms with van der Waals surface area (Å²) < 4.78 is 7.58. The van der Waals surface area contributed by atoms with E-state index < -0.39 is 10.8 Å². The summed E-state index contributed by atoms with van der Waals surface area (Å²) in [6.07, 6.45) is 6.04. The number of hydrogen-bond acceptors (Lipinski definition) is 8. The molecule has 4 rings (SSSR count). The first-order valence-corrected chi connectivity index (χ1v) is 11.0. The van der Waals surface area contributed by atoms with Crippen molar-refractivity contribution in [3.8, 4) is 11.4 Å². The van der Waals surface area contributed by atoms with E-state index >= 15 is 0 Å². The normalized spacial score (nSPS) is 11.0. The van der Waals surface area contributed by atoms with Crippen LogP contribution in [0.2, 0.25) is 0 Å². The van der Waals surface area contributed by atoms with Crippen LogP contribution in [0.15, 0.2) is 66.2 Å². The van der Waals surface area contributed by atoms with E-state index in [9.17, 15) is 14.9 Å². The third-order valence-electron chi connectivity index (χ3n) is 5.30. The molecule has 11 nitrogen and oxygen atoms in total. The summed E-state index contributed by atoms with van der Waals surface area (Å²) in [4.78, 5) is 26.8. The minimum atomic E-state index is -0.519. The van der Waals surface area contributed by atoms with Crippen LogP contribution in [0.4, 0.5) is 5.69 Å². The van der Waals surface area contributed by atoms with Gasteiger partial charge in [-0.05, 0) is 50.1 Å². The van der Waals surface area contributed by atoms with Crippen molar-refractivity contribution in [3.05, 3.63) is 105 Å². The molecule has 0 unspecified atom stereocenters. The van der Waals surface area contributed by atoms with Crippen LogP contribution in [0, 0.1) is 30.9 Å². The van der Waals surface area contributed by atoms with E-state index in [0.717, 1.165) is 16.8 Å². The molecule has 0 spiro atoms. The van der Waals surface area contributed by atoms with Gasteiger partial charge in [0.1, 0.15) is 18.1 Å². The lowest BCUT2D eigenvalue weighted by Crippen LogP contribution is -2.17. The number of aryl methyl sites for hydroxylation is 3. The fraction of sp³-hybridized carbons (Fsp3) is 0.160. The molecule has 2 aromatic heterocycles. The van der Waals surface area contributed by atoms with Crippen molar-refractivity contribution in [2.75, 3.05) is 0 Å². The van der Waals surface area contributed by atoms with Crippen molar-refractivity contribution in [3.63, 3.8) is 0 Å². The Labute approximate surface area is 206 Å². The second-order valence-electron chi connectivity index (χ2n) is 8.10. The van der Waals surface area contributed by atoms with Crippen LogP contribution in [-0.2, 0) is 6.61 Å². The van der Waals surface area contributed by atoms with E-state index in [-0.39, 0.29) is 12.3 Å². The van der Waals surface area contributed by atoms with Crippen LogP contribution in [0.25, 0.3) is 5.69 Å². The number of nitrogens with one attached hydrogen (secondary N) is 1. The zero-order valence-corrected chi connectivity index (χ0v) is 19.9. The predicted octanol–water partition coefficient (Wildman–Crippen LogP) is 3.84. The van der Waals surface area contributed by atoms with Gasteiger partial charge in [-0.15, -0.1) is 5.10 Å². The third-order valence-corrected chi connectivity index (χ3v) is 5.30. The molecule has 36 heavy (non-hydrogen) atoms. The summed E-state index contributed by atoms with van der Waals surface area (Å²) in [6, 6.07) is 11.4. The number of pyridine rings is 1. The van der Waals surface area contributed by atoms with Crippen LogP contribution in [-0.4, -0.2) is 37.0 Å². The molecule has 11 heteroatoms.